The van der Waals surface area contributed by atoms with Gasteiger partial charge in [-0.15, -0.1) is 0 Å². The summed E-state index contributed by atoms with van der Waals surface area (Å²) in [6, 6.07) is 9.02. The van der Waals surface area contributed by atoms with Crippen molar-refractivity contribution in [1.29, 1.82) is 0 Å². The molecule has 1 aromatic carbocycles. The van der Waals surface area contributed by atoms with Crippen molar-refractivity contribution in [3.8, 4) is 5.75 Å². The second-order valence-electron chi connectivity index (χ2n) is 5.48. The maximum absolute atomic E-state index is 5.79. The highest BCUT2D eigenvalue weighted by Crippen LogP contribution is 2.13. The molecule has 19 heavy (non-hydrogen) atoms. The fraction of sp³-hybridized carbons (Fsp3) is 0.625. The Bertz CT molecular complexity index is 375. The molecule has 0 amide bonds. The van der Waals surface area contributed by atoms with E-state index >= 15 is 0 Å². The van der Waals surface area contributed by atoms with Crippen LogP contribution >= 0.6 is 0 Å². The van der Waals surface area contributed by atoms with Gasteiger partial charge in [0.2, 0.25) is 0 Å². The number of ether oxygens (including phenoxy) is 1. The minimum absolute atomic E-state index is 0.750. The molecule has 0 saturated carbocycles. The maximum atomic E-state index is 5.79. The molecule has 1 fully saturated rings. The van der Waals surface area contributed by atoms with Gasteiger partial charge < -0.3 is 15.0 Å². The molecular weight excluding hydrogens is 236 g/mol. The Balaban J connectivity index is 1.63. The van der Waals surface area contributed by atoms with E-state index in [0.717, 1.165) is 44.5 Å². The summed E-state index contributed by atoms with van der Waals surface area (Å²) in [6.07, 6.45) is 3.64. The van der Waals surface area contributed by atoms with Crippen molar-refractivity contribution in [2.24, 2.45) is 0 Å². The molecular formula is C16H26N2O. The lowest BCUT2D eigenvalue weighted by Gasteiger charge is -2.31. The van der Waals surface area contributed by atoms with Crippen molar-refractivity contribution in [2.75, 3.05) is 33.3 Å². The first-order valence-corrected chi connectivity index (χ1v) is 7.36. The average molecular weight is 262 g/mol. The van der Waals surface area contributed by atoms with Crippen LogP contribution in [0.1, 0.15) is 24.8 Å². The molecule has 1 aliphatic rings. The predicted molar refractivity (Wildman–Crippen MR) is 79.8 cm³/mol. The minimum Gasteiger partial charge on any atom is -0.494 e. The zero-order valence-corrected chi connectivity index (χ0v) is 12.2. The van der Waals surface area contributed by atoms with Crippen LogP contribution in [0, 0.1) is 6.92 Å². The van der Waals surface area contributed by atoms with Gasteiger partial charge in [-0.2, -0.15) is 0 Å². The van der Waals surface area contributed by atoms with Crippen LogP contribution in [0.2, 0.25) is 0 Å². The summed E-state index contributed by atoms with van der Waals surface area (Å²) in [5.41, 5.74) is 1.25. The van der Waals surface area contributed by atoms with Crippen molar-refractivity contribution in [3.63, 3.8) is 0 Å². The van der Waals surface area contributed by atoms with Crippen LogP contribution in [-0.2, 0) is 0 Å². The number of benzene rings is 1. The van der Waals surface area contributed by atoms with Crippen LogP contribution < -0.4 is 10.1 Å². The van der Waals surface area contributed by atoms with Gasteiger partial charge >= 0.3 is 0 Å². The summed E-state index contributed by atoms with van der Waals surface area (Å²) in [4.78, 5) is 2.49. The van der Waals surface area contributed by atoms with Crippen molar-refractivity contribution >= 4 is 0 Å². The van der Waals surface area contributed by atoms with Crippen molar-refractivity contribution in [2.45, 2.75) is 32.2 Å². The molecule has 0 aromatic heterocycles. The SMILES string of the molecule is Cc1cccc(OCCCN(C)C2CCNCC2)c1. The van der Waals surface area contributed by atoms with E-state index in [4.69, 9.17) is 4.74 Å². The van der Waals surface area contributed by atoms with Gasteiger partial charge in [0.1, 0.15) is 5.75 Å². The van der Waals surface area contributed by atoms with Gasteiger partial charge in [-0.3, -0.25) is 0 Å². The van der Waals surface area contributed by atoms with Gasteiger partial charge in [-0.05, 0) is 64.0 Å². The lowest BCUT2D eigenvalue weighted by atomic mass is 10.1. The first kappa shape index (κ1) is 14.4. The monoisotopic (exact) mass is 262 g/mol. The highest BCUT2D eigenvalue weighted by atomic mass is 16.5. The fourth-order valence-corrected chi connectivity index (χ4v) is 2.64. The smallest absolute Gasteiger partial charge is 0.119 e. The number of rotatable bonds is 6. The summed E-state index contributed by atoms with van der Waals surface area (Å²) >= 11 is 0. The molecule has 0 atom stereocenters. The molecule has 106 valence electrons. The Morgan fingerprint density at radius 2 is 2.11 bits per heavy atom. The summed E-state index contributed by atoms with van der Waals surface area (Å²) < 4.78 is 5.79. The predicted octanol–water partition coefficient (Wildman–Crippen LogP) is 2.45. The van der Waals surface area contributed by atoms with E-state index in [0.29, 0.717) is 0 Å². The van der Waals surface area contributed by atoms with Gasteiger partial charge in [0.05, 0.1) is 6.61 Å². The van der Waals surface area contributed by atoms with Crippen molar-refractivity contribution in [3.05, 3.63) is 29.8 Å². The zero-order chi connectivity index (χ0) is 13.5. The Kier molecular flexibility index (Phi) is 5.67. The van der Waals surface area contributed by atoms with Crippen LogP contribution in [0.3, 0.4) is 0 Å². The Morgan fingerprint density at radius 1 is 1.32 bits per heavy atom. The summed E-state index contributed by atoms with van der Waals surface area (Å²) in [7, 11) is 2.24. The van der Waals surface area contributed by atoms with E-state index in [1.165, 1.54) is 18.4 Å². The summed E-state index contributed by atoms with van der Waals surface area (Å²) in [5, 5.41) is 3.41. The number of aryl methyl sites for hydroxylation is 1. The molecule has 1 aromatic rings. The van der Waals surface area contributed by atoms with E-state index in [1.54, 1.807) is 0 Å². The maximum Gasteiger partial charge on any atom is 0.119 e. The van der Waals surface area contributed by atoms with Crippen molar-refractivity contribution < 1.29 is 4.74 Å². The molecule has 0 unspecified atom stereocenters. The van der Waals surface area contributed by atoms with Crippen LogP contribution in [-0.4, -0.2) is 44.2 Å². The average Bonchev–Trinajstić information content (AvgIpc) is 2.44. The quantitative estimate of drug-likeness (QED) is 0.797. The minimum atomic E-state index is 0.750. The molecule has 2 rings (SSSR count). The van der Waals surface area contributed by atoms with Gasteiger partial charge in [0.15, 0.2) is 0 Å². The topological polar surface area (TPSA) is 24.5 Å². The highest BCUT2D eigenvalue weighted by molar-refractivity contribution is 5.27. The lowest BCUT2D eigenvalue weighted by molar-refractivity contribution is 0.183. The number of hydrogen-bond acceptors (Lipinski definition) is 3. The Morgan fingerprint density at radius 3 is 2.84 bits per heavy atom. The molecule has 3 nitrogen and oxygen atoms in total. The largest absolute Gasteiger partial charge is 0.494 e. The van der Waals surface area contributed by atoms with Gasteiger partial charge in [-0.25, -0.2) is 0 Å². The Hall–Kier alpha value is -1.06. The number of piperidine rings is 1. The molecule has 3 heteroatoms. The lowest BCUT2D eigenvalue weighted by Crippen LogP contribution is -2.41. The molecule has 0 radical (unpaired) electrons. The van der Waals surface area contributed by atoms with E-state index in [9.17, 15) is 0 Å². The number of hydrogen-bond donors (Lipinski definition) is 1. The van der Waals surface area contributed by atoms with Crippen LogP contribution in [0.5, 0.6) is 5.75 Å². The van der Waals surface area contributed by atoms with Crippen LogP contribution in [0.15, 0.2) is 24.3 Å². The molecule has 1 N–H and O–H groups in total. The standard InChI is InChI=1S/C16H26N2O/c1-14-5-3-6-16(13-14)19-12-4-11-18(2)15-7-9-17-10-8-15/h3,5-6,13,15,17H,4,7-12H2,1-2H3. The van der Waals surface area contributed by atoms with E-state index in [2.05, 4.69) is 36.3 Å². The van der Waals surface area contributed by atoms with Gasteiger partial charge in [0.25, 0.3) is 0 Å². The number of nitrogens with zero attached hydrogens (tertiary/aromatic N) is 1. The van der Waals surface area contributed by atoms with Gasteiger partial charge in [-0.1, -0.05) is 12.1 Å². The third kappa shape index (κ3) is 4.84. The third-order valence-corrected chi connectivity index (χ3v) is 3.85. The molecule has 1 saturated heterocycles. The summed E-state index contributed by atoms with van der Waals surface area (Å²) in [5.74, 6) is 0.990. The third-order valence-electron chi connectivity index (χ3n) is 3.85. The van der Waals surface area contributed by atoms with Crippen LogP contribution in [0.4, 0.5) is 0 Å². The molecule has 0 aliphatic carbocycles. The first-order valence-electron chi connectivity index (χ1n) is 7.36. The zero-order valence-electron chi connectivity index (χ0n) is 12.2. The Labute approximate surface area is 116 Å². The first-order chi connectivity index (χ1) is 9.25. The van der Waals surface area contributed by atoms with Gasteiger partial charge in [0, 0.05) is 12.6 Å². The van der Waals surface area contributed by atoms with E-state index in [1.807, 2.05) is 12.1 Å². The molecule has 1 heterocycles. The molecule has 0 bridgehead atoms. The highest BCUT2D eigenvalue weighted by Gasteiger charge is 2.16. The molecule has 0 spiro atoms. The fourth-order valence-electron chi connectivity index (χ4n) is 2.64. The summed E-state index contributed by atoms with van der Waals surface area (Å²) in [6.45, 7) is 6.34. The normalized spacial score (nSPS) is 16.8. The van der Waals surface area contributed by atoms with E-state index in [-0.39, 0.29) is 0 Å². The number of nitrogens with one attached hydrogen (secondary N) is 1. The van der Waals surface area contributed by atoms with Crippen LogP contribution in [0.25, 0.3) is 0 Å². The second-order valence-corrected chi connectivity index (χ2v) is 5.48. The van der Waals surface area contributed by atoms with E-state index < -0.39 is 0 Å². The van der Waals surface area contributed by atoms with Crippen molar-refractivity contribution in [1.82, 2.24) is 10.2 Å². The molecule has 1 aliphatic heterocycles. The second kappa shape index (κ2) is 7.51.